The van der Waals surface area contributed by atoms with Crippen LogP contribution < -0.4 is 0 Å². The molecule has 0 radical (unpaired) electrons. The lowest BCUT2D eigenvalue weighted by Crippen LogP contribution is -2.36. The molecule has 1 saturated heterocycles. The summed E-state index contributed by atoms with van der Waals surface area (Å²) in [4.78, 5) is 14.8. The van der Waals surface area contributed by atoms with E-state index in [2.05, 4.69) is 0 Å². The number of carbonyl (C=O) groups is 1. The van der Waals surface area contributed by atoms with Crippen LogP contribution in [-0.2, 0) is 10.0 Å². The number of likely N-dealkylation sites (tertiary alicyclic amines) is 1. The van der Waals surface area contributed by atoms with Crippen molar-refractivity contribution >= 4 is 15.9 Å². The Morgan fingerprint density at radius 1 is 1.14 bits per heavy atom. The average molecular weight is 322 g/mol. The molecule has 1 saturated carbocycles. The van der Waals surface area contributed by atoms with E-state index in [4.69, 9.17) is 0 Å². The SMILES string of the molecule is CN(C)S(=O)(=O)c1ccc(C(=O)N2CCCC2C2CC2)cc1. The lowest BCUT2D eigenvalue weighted by atomic mass is 10.1. The molecular weight excluding hydrogens is 300 g/mol. The molecule has 2 aliphatic rings. The predicted molar refractivity (Wildman–Crippen MR) is 84.1 cm³/mol. The van der Waals surface area contributed by atoms with Crippen molar-refractivity contribution in [3.8, 4) is 0 Å². The normalized spacial score (nSPS) is 22.3. The van der Waals surface area contributed by atoms with Crippen LogP contribution in [0.1, 0.15) is 36.0 Å². The molecule has 2 fully saturated rings. The lowest BCUT2D eigenvalue weighted by Gasteiger charge is -2.24. The minimum atomic E-state index is -3.44. The Hall–Kier alpha value is -1.40. The van der Waals surface area contributed by atoms with Crippen molar-refractivity contribution < 1.29 is 13.2 Å². The van der Waals surface area contributed by atoms with Crippen LogP contribution in [0.2, 0.25) is 0 Å². The Balaban J connectivity index is 1.79. The smallest absolute Gasteiger partial charge is 0.254 e. The van der Waals surface area contributed by atoms with E-state index in [-0.39, 0.29) is 10.8 Å². The highest BCUT2D eigenvalue weighted by atomic mass is 32.2. The molecule has 0 N–H and O–H groups in total. The number of sulfonamides is 1. The van der Waals surface area contributed by atoms with E-state index in [1.807, 2.05) is 4.90 Å². The molecule has 1 atom stereocenters. The zero-order valence-electron chi connectivity index (χ0n) is 13.0. The Labute approximate surface area is 132 Å². The summed E-state index contributed by atoms with van der Waals surface area (Å²) in [5, 5.41) is 0. The zero-order valence-corrected chi connectivity index (χ0v) is 13.8. The van der Waals surface area contributed by atoms with Crippen LogP contribution >= 0.6 is 0 Å². The van der Waals surface area contributed by atoms with Gasteiger partial charge in [-0.15, -0.1) is 0 Å². The van der Waals surface area contributed by atoms with Crippen molar-refractivity contribution in [3.63, 3.8) is 0 Å². The molecule has 1 unspecified atom stereocenters. The molecule has 120 valence electrons. The van der Waals surface area contributed by atoms with Crippen molar-refractivity contribution in [1.29, 1.82) is 0 Å². The van der Waals surface area contributed by atoms with Crippen LogP contribution in [0.25, 0.3) is 0 Å². The zero-order chi connectivity index (χ0) is 15.9. The van der Waals surface area contributed by atoms with Gasteiger partial charge in [0.05, 0.1) is 4.90 Å². The summed E-state index contributed by atoms with van der Waals surface area (Å²) >= 11 is 0. The van der Waals surface area contributed by atoms with Crippen LogP contribution in [-0.4, -0.2) is 50.2 Å². The van der Waals surface area contributed by atoms with Crippen molar-refractivity contribution in [2.75, 3.05) is 20.6 Å². The molecular formula is C16H22N2O3S. The van der Waals surface area contributed by atoms with Crippen molar-refractivity contribution in [2.24, 2.45) is 5.92 Å². The van der Waals surface area contributed by atoms with Crippen LogP contribution in [0.3, 0.4) is 0 Å². The molecule has 1 heterocycles. The fourth-order valence-corrected chi connectivity index (χ4v) is 4.06. The largest absolute Gasteiger partial charge is 0.335 e. The second-order valence-electron chi connectivity index (χ2n) is 6.36. The monoisotopic (exact) mass is 322 g/mol. The highest BCUT2D eigenvalue weighted by Gasteiger charge is 2.40. The summed E-state index contributed by atoms with van der Waals surface area (Å²) in [7, 11) is -0.446. The lowest BCUT2D eigenvalue weighted by molar-refractivity contribution is 0.0721. The Kier molecular flexibility index (Phi) is 3.99. The third-order valence-corrected chi connectivity index (χ3v) is 6.44. The maximum atomic E-state index is 12.7. The summed E-state index contributed by atoms with van der Waals surface area (Å²) in [6, 6.07) is 6.68. The average Bonchev–Trinajstić information content (AvgIpc) is 3.23. The van der Waals surface area contributed by atoms with E-state index in [1.165, 1.54) is 43.4 Å². The molecule has 0 aromatic heterocycles. The van der Waals surface area contributed by atoms with E-state index in [9.17, 15) is 13.2 Å². The molecule has 1 amide bonds. The van der Waals surface area contributed by atoms with Gasteiger partial charge in [-0.1, -0.05) is 0 Å². The van der Waals surface area contributed by atoms with E-state index in [1.54, 1.807) is 12.1 Å². The number of rotatable bonds is 4. The standard InChI is InChI=1S/C16H22N2O3S/c1-17(2)22(20,21)14-9-7-13(8-10-14)16(19)18-11-3-4-15(18)12-5-6-12/h7-10,12,15H,3-6,11H2,1-2H3. The van der Waals surface area contributed by atoms with E-state index < -0.39 is 10.0 Å². The first-order valence-electron chi connectivity index (χ1n) is 7.75. The van der Waals surface area contributed by atoms with Crippen molar-refractivity contribution in [1.82, 2.24) is 9.21 Å². The van der Waals surface area contributed by atoms with Gasteiger partial charge >= 0.3 is 0 Å². The van der Waals surface area contributed by atoms with Gasteiger partial charge < -0.3 is 4.90 Å². The number of amides is 1. The summed E-state index contributed by atoms with van der Waals surface area (Å²) in [6.45, 7) is 0.817. The fourth-order valence-electron chi connectivity index (χ4n) is 3.16. The second kappa shape index (κ2) is 5.66. The number of hydrogen-bond acceptors (Lipinski definition) is 3. The summed E-state index contributed by atoms with van der Waals surface area (Å²) in [5.74, 6) is 0.711. The van der Waals surface area contributed by atoms with Gasteiger partial charge in [0.1, 0.15) is 0 Å². The quantitative estimate of drug-likeness (QED) is 0.851. The first-order chi connectivity index (χ1) is 10.4. The molecule has 1 aromatic rings. The van der Waals surface area contributed by atoms with E-state index in [0.29, 0.717) is 17.5 Å². The molecule has 3 rings (SSSR count). The number of hydrogen-bond donors (Lipinski definition) is 0. The van der Waals surface area contributed by atoms with Crippen LogP contribution in [0, 0.1) is 5.92 Å². The van der Waals surface area contributed by atoms with Crippen LogP contribution in [0.4, 0.5) is 0 Å². The Morgan fingerprint density at radius 2 is 1.77 bits per heavy atom. The third kappa shape index (κ3) is 2.77. The molecule has 1 aromatic carbocycles. The van der Waals surface area contributed by atoms with Gasteiger partial charge in [0.25, 0.3) is 5.91 Å². The molecule has 22 heavy (non-hydrogen) atoms. The number of nitrogens with zero attached hydrogens (tertiary/aromatic N) is 2. The van der Waals surface area contributed by atoms with Gasteiger partial charge in [0.2, 0.25) is 10.0 Å². The molecule has 5 nitrogen and oxygen atoms in total. The fraction of sp³-hybridized carbons (Fsp3) is 0.562. The molecule has 0 bridgehead atoms. The molecule has 0 spiro atoms. The Morgan fingerprint density at radius 3 is 2.32 bits per heavy atom. The highest BCUT2D eigenvalue weighted by molar-refractivity contribution is 7.89. The maximum Gasteiger partial charge on any atom is 0.254 e. The maximum absolute atomic E-state index is 12.7. The van der Waals surface area contributed by atoms with E-state index in [0.717, 1.165) is 19.4 Å². The number of benzene rings is 1. The van der Waals surface area contributed by atoms with Crippen molar-refractivity contribution in [2.45, 2.75) is 36.6 Å². The molecule has 1 aliphatic heterocycles. The topological polar surface area (TPSA) is 57.7 Å². The van der Waals surface area contributed by atoms with Crippen LogP contribution in [0.15, 0.2) is 29.2 Å². The van der Waals surface area contributed by atoms with Gasteiger partial charge in [-0.3, -0.25) is 4.79 Å². The van der Waals surface area contributed by atoms with E-state index >= 15 is 0 Å². The van der Waals surface area contributed by atoms with Gasteiger partial charge in [-0.2, -0.15) is 0 Å². The molecule has 1 aliphatic carbocycles. The van der Waals surface area contributed by atoms with Gasteiger partial charge in [0, 0.05) is 32.2 Å². The van der Waals surface area contributed by atoms with Gasteiger partial charge in [-0.25, -0.2) is 12.7 Å². The minimum Gasteiger partial charge on any atom is -0.335 e. The first-order valence-corrected chi connectivity index (χ1v) is 9.19. The summed E-state index contributed by atoms with van der Waals surface area (Å²) in [5.41, 5.74) is 0.574. The minimum absolute atomic E-state index is 0.0307. The highest BCUT2D eigenvalue weighted by Crippen LogP contribution is 2.40. The third-order valence-electron chi connectivity index (χ3n) is 4.61. The van der Waals surface area contributed by atoms with Gasteiger partial charge in [0.15, 0.2) is 0 Å². The van der Waals surface area contributed by atoms with Gasteiger partial charge in [-0.05, 0) is 55.9 Å². The Bertz CT molecular complexity index is 663. The summed E-state index contributed by atoms with van der Waals surface area (Å²) in [6.07, 6.45) is 4.63. The number of carbonyl (C=O) groups excluding carboxylic acids is 1. The second-order valence-corrected chi connectivity index (χ2v) is 8.51. The predicted octanol–water partition coefficient (Wildman–Crippen LogP) is 1.95. The summed E-state index contributed by atoms with van der Waals surface area (Å²) < 4.78 is 25.3. The molecule has 6 heteroatoms. The van der Waals surface area contributed by atoms with Crippen molar-refractivity contribution in [3.05, 3.63) is 29.8 Å². The van der Waals surface area contributed by atoms with Crippen LogP contribution in [0.5, 0.6) is 0 Å². The first kappa shape index (κ1) is 15.5.